The van der Waals surface area contributed by atoms with E-state index in [0.717, 1.165) is 17.9 Å². The van der Waals surface area contributed by atoms with Crippen LogP contribution in [-0.2, 0) is 13.0 Å². The first kappa shape index (κ1) is 16.0. The standard InChI is InChI=1S/C17H24N2OS/c1-12(2)17-19-15(11-21-17)10-20-16-7-5-14(6-8-16)9-13(3)18-4/h5-8,11-13,18H,9-10H2,1-4H3. The summed E-state index contributed by atoms with van der Waals surface area (Å²) in [4.78, 5) is 4.58. The fourth-order valence-corrected chi connectivity index (χ4v) is 2.81. The zero-order valence-electron chi connectivity index (χ0n) is 13.2. The van der Waals surface area contributed by atoms with Crippen LogP contribution in [0.25, 0.3) is 0 Å². The van der Waals surface area contributed by atoms with Gasteiger partial charge < -0.3 is 10.1 Å². The molecule has 0 aliphatic heterocycles. The number of likely N-dealkylation sites (N-methyl/N-ethyl adjacent to an activating group) is 1. The maximum Gasteiger partial charge on any atom is 0.131 e. The Morgan fingerprint density at radius 3 is 2.48 bits per heavy atom. The van der Waals surface area contributed by atoms with Crippen LogP contribution in [0.4, 0.5) is 0 Å². The number of benzene rings is 1. The van der Waals surface area contributed by atoms with Crippen molar-refractivity contribution in [2.45, 2.75) is 45.8 Å². The van der Waals surface area contributed by atoms with Crippen molar-refractivity contribution < 1.29 is 4.74 Å². The molecule has 0 saturated carbocycles. The molecule has 0 radical (unpaired) electrons. The molecular weight excluding hydrogens is 280 g/mol. The summed E-state index contributed by atoms with van der Waals surface area (Å²) in [6.45, 7) is 7.04. The monoisotopic (exact) mass is 304 g/mol. The highest BCUT2D eigenvalue weighted by atomic mass is 32.1. The zero-order chi connectivity index (χ0) is 15.2. The van der Waals surface area contributed by atoms with Crippen LogP contribution in [0.2, 0.25) is 0 Å². The van der Waals surface area contributed by atoms with Gasteiger partial charge in [0.15, 0.2) is 0 Å². The Kier molecular flexibility index (Phi) is 5.76. The predicted octanol–water partition coefficient (Wildman–Crippen LogP) is 4.00. The molecule has 0 bridgehead atoms. The van der Waals surface area contributed by atoms with Crippen LogP contribution in [0.5, 0.6) is 5.75 Å². The summed E-state index contributed by atoms with van der Waals surface area (Å²) in [7, 11) is 1.99. The lowest BCUT2D eigenvalue weighted by Gasteiger charge is -2.10. The summed E-state index contributed by atoms with van der Waals surface area (Å²) in [6, 6.07) is 8.82. The lowest BCUT2D eigenvalue weighted by atomic mass is 10.1. The van der Waals surface area contributed by atoms with Gasteiger partial charge in [-0.15, -0.1) is 11.3 Å². The molecule has 1 heterocycles. The second kappa shape index (κ2) is 7.57. The van der Waals surface area contributed by atoms with E-state index in [1.807, 2.05) is 19.2 Å². The fourth-order valence-electron chi connectivity index (χ4n) is 1.99. The summed E-state index contributed by atoms with van der Waals surface area (Å²) in [5.74, 6) is 1.38. The number of aromatic nitrogens is 1. The van der Waals surface area contributed by atoms with Crippen LogP contribution in [0.3, 0.4) is 0 Å². The van der Waals surface area contributed by atoms with Crippen molar-refractivity contribution in [3.63, 3.8) is 0 Å². The van der Waals surface area contributed by atoms with Gasteiger partial charge in [-0.2, -0.15) is 0 Å². The van der Waals surface area contributed by atoms with Crippen molar-refractivity contribution in [2.24, 2.45) is 0 Å². The summed E-state index contributed by atoms with van der Waals surface area (Å²) >= 11 is 1.71. The molecule has 1 aromatic carbocycles. The van der Waals surface area contributed by atoms with Gasteiger partial charge in [0.05, 0.1) is 10.7 Å². The third-order valence-corrected chi connectivity index (χ3v) is 4.60. The van der Waals surface area contributed by atoms with E-state index < -0.39 is 0 Å². The average Bonchev–Trinajstić information content (AvgIpc) is 2.95. The van der Waals surface area contributed by atoms with E-state index in [0.29, 0.717) is 18.6 Å². The predicted molar refractivity (Wildman–Crippen MR) is 89.2 cm³/mol. The first-order valence-corrected chi connectivity index (χ1v) is 8.29. The highest BCUT2D eigenvalue weighted by molar-refractivity contribution is 7.09. The Balaban J connectivity index is 1.88. The Labute approximate surface area is 131 Å². The minimum atomic E-state index is 0.484. The Morgan fingerprint density at radius 2 is 1.90 bits per heavy atom. The molecule has 0 fully saturated rings. The molecule has 1 unspecified atom stereocenters. The molecule has 2 aromatic rings. The molecule has 2 rings (SSSR count). The quantitative estimate of drug-likeness (QED) is 0.839. The largest absolute Gasteiger partial charge is 0.487 e. The number of thiazole rings is 1. The molecule has 0 saturated heterocycles. The van der Waals surface area contributed by atoms with Gasteiger partial charge in [0.2, 0.25) is 0 Å². The van der Waals surface area contributed by atoms with E-state index in [1.165, 1.54) is 10.6 Å². The van der Waals surface area contributed by atoms with Gasteiger partial charge in [-0.1, -0.05) is 26.0 Å². The fraction of sp³-hybridized carbons (Fsp3) is 0.471. The van der Waals surface area contributed by atoms with Crippen LogP contribution < -0.4 is 10.1 Å². The molecule has 1 aromatic heterocycles. The minimum absolute atomic E-state index is 0.484. The van der Waals surface area contributed by atoms with Gasteiger partial charge in [-0.3, -0.25) is 0 Å². The van der Waals surface area contributed by atoms with Crippen LogP contribution in [-0.4, -0.2) is 18.1 Å². The van der Waals surface area contributed by atoms with Crippen molar-refractivity contribution in [3.05, 3.63) is 45.9 Å². The molecule has 21 heavy (non-hydrogen) atoms. The van der Waals surface area contributed by atoms with E-state index >= 15 is 0 Å². The third-order valence-electron chi connectivity index (χ3n) is 3.41. The summed E-state index contributed by atoms with van der Waals surface area (Å²) in [6.07, 6.45) is 1.03. The molecule has 3 nitrogen and oxygen atoms in total. The lowest BCUT2D eigenvalue weighted by Crippen LogP contribution is -2.23. The second-order valence-corrected chi connectivity index (χ2v) is 6.55. The van der Waals surface area contributed by atoms with Crippen molar-refractivity contribution in [2.75, 3.05) is 7.05 Å². The summed E-state index contributed by atoms with van der Waals surface area (Å²) < 4.78 is 5.80. The molecule has 0 aliphatic rings. The summed E-state index contributed by atoms with van der Waals surface area (Å²) in [5, 5.41) is 6.50. The van der Waals surface area contributed by atoms with Crippen molar-refractivity contribution in [1.82, 2.24) is 10.3 Å². The Morgan fingerprint density at radius 1 is 1.19 bits per heavy atom. The maximum atomic E-state index is 5.80. The average molecular weight is 304 g/mol. The highest BCUT2D eigenvalue weighted by Crippen LogP contribution is 2.20. The molecule has 0 spiro atoms. The number of nitrogens with zero attached hydrogens (tertiary/aromatic N) is 1. The summed E-state index contributed by atoms with van der Waals surface area (Å²) in [5.41, 5.74) is 2.33. The van der Waals surface area contributed by atoms with E-state index in [-0.39, 0.29) is 0 Å². The molecular formula is C17H24N2OS. The number of hydrogen-bond donors (Lipinski definition) is 1. The molecule has 114 valence electrons. The topological polar surface area (TPSA) is 34.1 Å². The molecule has 4 heteroatoms. The highest BCUT2D eigenvalue weighted by Gasteiger charge is 2.06. The van der Waals surface area contributed by atoms with Gasteiger partial charge in [-0.05, 0) is 38.1 Å². The van der Waals surface area contributed by atoms with Gasteiger partial charge in [0.1, 0.15) is 12.4 Å². The first-order valence-electron chi connectivity index (χ1n) is 7.41. The third kappa shape index (κ3) is 4.83. The van der Waals surface area contributed by atoms with E-state index in [1.54, 1.807) is 11.3 Å². The Hall–Kier alpha value is -1.39. The second-order valence-electron chi connectivity index (χ2n) is 5.66. The lowest BCUT2D eigenvalue weighted by molar-refractivity contribution is 0.301. The van der Waals surface area contributed by atoms with Crippen molar-refractivity contribution in [3.8, 4) is 5.75 Å². The van der Waals surface area contributed by atoms with Crippen molar-refractivity contribution >= 4 is 11.3 Å². The van der Waals surface area contributed by atoms with Gasteiger partial charge in [0, 0.05) is 17.3 Å². The number of hydrogen-bond acceptors (Lipinski definition) is 4. The normalized spacial score (nSPS) is 12.6. The number of ether oxygens (including phenoxy) is 1. The zero-order valence-corrected chi connectivity index (χ0v) is 14.0. The van der Waals surface area contributed by atoms with Crippen LogP contribution in [0, 0.1) is 0 Å². The smallest absolute Gasteiger partial charge is 0.131 e. The van der Waals surface area contributed by atoms with Crippen molar-refractivity contribution in [1.29, 1.82) is 0 Å². The van der Waals surface area contributed by atoms with Crippen LogP contribution in [0.15, 0.2) is 29.6 Å². The van der Waals surface area contributed by atoms with Gasteiger partial charge >= 0.3 is 0 Å². The van der Waals surface area contributed by atoms with Gasteiger partial charge in [-0.25, -0.2) is 4.98 Å². The Bertz CT molecular complexity index is 548. The molecule has 0 aliphatic carbocycles. The minimum Gasteiger partial charge on any atom is -0.487 e. The maximum absolute atomic E-state index is 5.80. The SMILES string of the molecule is CNC(C)Cc1ccc(OCc2csc(C(C)C)n2)cc1. The van der Waals surface area contributed by atoms with E-state index in [4.69, 9.17) is 4.74 Å². The van der Waals surface area contributed by atoms with Crippen LogP contribution >= 0.6 is 11.3 Å². The molecule has 1 atom stereocenters. The first-order chi connectivity index (χ1) is 10.1. The molecule has 1 N–H and O–H groups in total. The van der Waals surface area contributed by atoms with E-state index in [2.05, 4.69) is 48.6 Å². The number of nitrogens with one attached hydrogen (secondary N) is 1. The van der Waals surface area contributed by atoms with Gasteiger partial charge in [0.25, 0.3) is 0 Å². The van der Waals surface area contributed by atoms with E-state index in [9.17, 15) is 0 Å². The van der Waals surface area contributed by atoms with Crippen LogP contribution in [0.1, 0.15) is 43.0 Å². The molecule has 0 amide bonds. The number of rotatable bonds is 7.